The van der Waals surface area contributed by atoms with Crippen LogP contribution in [-0.2, 0) is 4.84 Å². The molecule has 0 fully saturated rings. The van der Waals surface area contributed by atoms with Crippen LogP contribution in [0.4, 0.5) is 11.4 Å². The summed E-state index contributed by atoms with van der Waals surface area (Å²) in [4.78, 5) is 4.97. The lowest BCUT2D eigenvalue weighted by Crippen LogP contribution is -2.75. The Labute approximate surface area is 106 Å². The Bertz CT molecular complexity index is 524. The predicted molar refractivity (Wildman–Crippen MR) is 71.4 cm³/mol. The summed E-state index contributed by atoms with van der Waals surface area (Å²) in [6.45, 7) is 0. The smallest absolute Gasteiger partial charge is 0.161 e. The van der Waals surface area contributed by atoms with E-state index < -0.39 is 0 Å². The molecule has 0 atom stereocenters. The zero-order valence-electron chi connectivity index (χ0n) is 10.5. The van der Waals surface area contributed by atoms with Crippen molar-refractivity contribution < 1.29 is 15.1 Å². The minimum Gasteiger partial charge on any atom is -0.496 e. The van der Waals surface area contributed by atoms with E-state index in [0.717, 1.165) is 22.6 Å². The number of anilines is 1. The van der Waals surface area contributed by atoms with Gasteiger partial charge >= 0.3 is 0 Å². The van der Waals surface area contributed by atoms with Crippen molar-refractivity contribution in [2.75, 3.05) is 20.0 Å². The summed E-state index contributed by atoms with van der Waals surface area (Å²) in [5.41, 5.74) is 11.3. The van der Waals surface area contributed by atoms with Crippen molar-refractivity contribution in [3.63, 3.8) is 0 Å². The second-order valence-electron chi connectivity index (χ2n) is 3.94. The maximum Gasteiger partial charge on any atom is 0.161 e. The number of benzene rings is 2. The summed E-state index contributed by atoms with van der Waals surface area (Å²) in [5, 5.41) is 0. The van der Waals surface area contributed by atoms with Crippen LogP contribution >= 0.6 is 0 Å². The Balaban J connectivity index is 2.36. The highest BCUT2D eigenvalue weighted by molar-refractivity contribution is 5.73. The number of quaternary nitrogens is 1. The molecule has 0 aliphatic heterocycles. The van der Waals surface area contributed by atoms with E-state index in [1.165, 1.54) is 0 Å². The highest BCUT2D eigenvalue weighted by Gasteiger charge is 2.06. The second-order valence-corrected chi connectivity index (χ2v) is 3.94. The fraction of sp³-hybridized carbons (Fsp3) is 0.143. The summed E-state index contributed by atoms with van der Waals surface area (Å²) >= 11 is 0. The Kier molecular flexibility index (Phi) is 3.82. The lowest BCUT2D eigenvalue weighted by atomic mass is 10.0. The van der Waals surface area contributed by atoms with E-state index in [-0.39, 0.29) is 0 Å². The molecule has 2 aromatic carbocycles. The first-order valence-electron chi connectivity index (χ1n) is 5.64. The molecule has 0 aromatic heterocycles. The third-order valence-electron chi connectivity index (χ3n) is 2.70. The Morgan fingerprint density at radius 2 is 1.72 bits per heavy atom. The minimum absolute atomic E-state index is 0.694. The van der Waals surface area contributed by atoms with E-state index in [9.17, 15) is 0 Å². The highest BCUT2D eigenvalue weighted by atomic mass is 16.6. The Hall–Kier alpha value is -2.04. The van der Waals surface area contributed by atoms with E-state index in [2.05, 4.69) is 0 Å². The SMILES string of the molecule is CO[NH2+]c1ccc(-c2ccc(N)cc2OC)cc1. The molecule has 0 heterocycles. The maximum absolute atomic E-state index is 5.74. The summed E-state index contributed by atoms with van der Waals surface area (Å²) < 4.78 is 5.35. The third kappa shape index (κ3) is 2.61. The topological polar surface area (TPSA) is 61.1 Å². The van der Waals surface area contributed by atoms with Gasteiger partial charge < -0.3 is 10.5 Å². The Morgan fingerprint density at radius 1 is 1.00 bits per heavy atom. The molecule has 0 radical (unpaired) electrons. The Morgan fingerprint density at radius 3 is 2.33 bits per heavy atom. The quantitative estimate of drug-likeness (QED) is 0.636. The predicted octanol–water partition coefficient (Wildman–Crippen LogP) is 1.70. The number of ether oxygens (including phenoxy) is 1. The van der Waals surface area contributed by atoms with Gasteiger partial charge in [0.05, 0.1) is 14.2 Å². The molecule has 0 bridgehead atoms. The molecular weight excluding hydrogens is 228 g/mol. The van der Waals surface area contributed by atoms with Crippen LogP contribution in [0.5, 0.6) is 5.75 Å². The van der Waals surface area contributed by atoms with Gasteiger partial charge in [-0.1, -0.05) is 0 Å². The molecule has 0 saturated carbocycles. The van der Waals surface area contributed by atoms with E-state index in [1.807, 2.05) is 42.5 Å². The molecule has 0 aliphatic rings. The van der Waals surface area contributed by atoms with Gasteiger partial charge in [-0.25, -0.2) is 4.84 Å². The van der Waals surface area contributed by atoms with Crippen LogP contribution in [0.1, 0.15) is 0 Å². The number of hydrogen-bond acceptors (Lipinski definition) is 3. The van der Waals surface area contributed by atoms with Gasteiger partial charge in [0.15, 0.2) is 5.69 Å². The molecule has 0 saturated heterocycles. The van der Waals surface area contributed by atoms with Crippen molar-refractivity contribution in [2.45, 2.75) is 0 Å². The average molecular weight is 245 g/mol. The lowest BCUT2D eigenvalue weighted by molar-refractivity contribution is -0.830. The largest absolute Gasteiger partial charge is 0.496 e. The van der Waals surface area contributed by atoms with E-state index in [1.54, 1.807) is 19.7 Å². The molecular formula is C14H17N2O2+. The third-order valence-corrected chi connectivity index (χ3v) is 2.70. The number of methoxy groups -OCH3 is 1. The van der Waals surface area contributed by atoms with Gasteiger partial charge in [0, 0.05) is 29.4 Å². The van der Waals surface area contributed by atoms with Crippen LogP contribution in [0.3, 0.4) is 0 Å². The fourth-order valence-electron chi connectivity index (χ4n) is 1.82. The first-order chi connectivity index (χ1) is 8.74. The molecule has 18 heavy (non-hydrogen) atoms. The molecule has 0 amide bonds. The van der Waals surface area contributed by atoms with Crippen molar-refractivity contribution in [2.24, 2.45) is 0 Å². The number of rotatable bonds is 4. The molecule has 94 valence electrons. The average Bonchev–Trinajstić information content (AvgIpc) is 2.40. The van der Waals surface area contributed by atoms with Crippen LogP contribution < -0.4 is 16.0 Å². The van der Waals surface area contributed by atoms with E-state index in [0.29, 0.717) is 5.69 Å². The van der Waals surface area contributed by atoms with Crippen LogP contribution in [0.25, 0.3) is 11.1 Å². The molecule has 2 rings (SSSR count). The zero-order chi connectivity index (χ0) is 13.0. The first kappa shape index (κ1) is 12.4. The van der Waals surface area contributed by atoms with Crippen molar-refractivity contribution >= 4 is 11.4 Å². The number of nitrogen functional groups attached to an aromatic ring is 1. The summed E-state index contributed by atoms with van der Waals surface area (Å²) in [7, 11) is 3.28. The summed E-state index contributed by atoms with van der Waals surface area (Å²) in [5.74, 6) is 0.776. The standard InChI is InChI=1S/C14H16N2O2/c1-17-14-9-11(15)5-8-13(14)10-3-6-12(7-4-10)16-18-2/h3-9,16H,15H2,1-2H3/p+1. The molecule has 0 unspecified atom stereocenters. The van der Waals surface area contributed by atoms with Crippen LogP contribution in [0.2, 0.25) is 0 Å². The van der Waals surface area contributed by atoms with Crippen molar-refractivity contribution in [1.82, 2.24) is 0 Å². The number of nitrogens with two attached hydrogens (primary N) is 2. The zero-order valence-corrected chi connectivity index (χ0v) is 10.5. The normalized spacial score (nSPS) is 10.3. The van der Waals surface area contributed by atoms with Crippen LogP contribution in [0, 0.1) is 0 Å². The van der Waals surface area contributed by atoms with E-state index >= 15 is 0 Å². The number of hydrogen-bond donors (Lipinski definition) is 2. The summed E-state index contributed by atoms with van der Waals surface area (Å²) in [6, 6.07) is 13.7. The first-order valence-corrected chi connectivity index (χ1v) is 5.64. The monoisotopic (exact) mass is 245 g/mol. The van der Waals surface area contributed by atoms with Gasteiger partial charge in [-0.2, -0.15) is 5.48 Å². The maximum atomic E-state index is 5.74. The minimum atomic E-state index is 0.694. The van der Waals surface area contributed by atoms with Crippen LogP contribution in [0.15, 0.2) is 42.5 Å². The van der Waals surface area contributed by atoms with Gasteiger partial charge in [-0.05, 0) is 29.8 Å². The van der Waals surface area contributed by atoms with E-state index in [4.69, 9.17) is 15.3 Å². The summed E-state index contributed by atoms with van der Waals surface area (Å²) in [6.07, 6.45) is 0. The van der Waals surface area contributed by atoms with Gasteiger partial charge in [-0.3, -0.25) is 0 Å². The molecule has 0 spiro atoms. The van der Waals surface area contributed by atoms with Gasteiger partial charge in [0.25, 0.3) is 0 Å². The molecule has 4 heteroatoms. The van der Waals surface area contributed by atoms with Gasteiger partial charge in [0.1, 0.15) is 5.75 Å². The van der Waals surface area contributed by atoms with Gasteiger partial charge in [-0.15, -0.1) is 0 Å². The van der Waals surface area contributed by atoms with Gasteiger partial charge in [0.2, 0.25) is 0 Å². The fourth-order valence-corrected chi connectivity index (χ4v) is 1.82. The lowest BCUT2D eigenvalue weighted by Gasteiger charge is -2.09. The second kappa shape index (κ2) is 5.53. The van der Waals surface area contributed by atoms with Crippen molar-refractivity contribution in [1.29, 1.82) is 0 Å². The molecule has 4 N–H and O–H groups in total. The highest BCUT2D eigenvalue weighted by Crippen LogP contribution is 2.31. The molecule has 2 aromatic rings. The van der Waals surface area contributed by atoms with Crippen LogP contribution in [-0.4, -0.2) is 14.2 Å². The van der Waals surface area contributed by atoms with Crippen molar-refractivity contribution in [3.05, 3.63) is 42.5 Å². The van der Waals surface area contributed by atoms with Crippen molar-refractivity contribution in [3.8, 4) is 16.9 Å². The molecule has 0 aliphatic carbocycles. The molecule has 4 nitrogen and oxygen atoms in total.